The standard InChI is InChI=1S/C56H39NO/c1-55(2)44-21-9-8-20-43(44)54-50(33-29-38-17-14-25-48(55)53(38)54)57(39-30-27-37(28-31-39)36-15-4-3-5-16-36)40-32-34-52-49(35-40)56(47-24-12-13-26-51(47)58-52)45-22-10-6-18-41(45)42-19-7-11-23-46(42)56/h3-35H,1-2H3. The van der Waals surface area contributed by atoms with Crippen molar-refractivity contribution in [3.05, 3.63) is 234 Å². The van der Waals surface area contributed by atoms with Crippen LogP contribution in [-0.2, 0) is 10.8 Å². The first-order valence-electron chi connectivity index (χ1n) is 20.3. The molecule has 0 unspecified atom stereocenters. The van der Waals surface area contributed by atoms with E-state index in [2.05, 4.69) is 219 Å². The monoisotopic (exact) mass is 741 g/mol. The fourth-order valence-corrected chi connectivity index (χ4v) is 10.6. The number of hydrogen-bond acceptors (Lipinski definition) is 2. The molecule has 2 aliphatic carbocycles. The van der Waals surface area contributed by atoms with Gasteiger partial charge in [-0.05, 0) is 103 Å². The van der Waals surface area contributed by atoms with Crippen LogP contribution in [0.25, 0.3) is 44.2 Å². The van der Waals surface area contributed by atoms with Gasteiger partial charge in [0.05, 0.1) is 11.1 Å². The van der Waals surface area contributed by atoms with Crippen LogP contribution in [0.15, 0.2) is 200 Å². The van der Waals surface area contributed by atoms with Crippen LogP contribution in [0.1, 0.15) is 47.2 Å². The van der Waals surface area contributed by atoms with Crippen LogP contribution >= 0.6 is 0 Å². The number of fused-ring (bicyclic) bond motifs is 11. The second kappa shape index (κ2) is 12.2. The molecular weight excluding hydrogens is 703 g/mol. The first kappa shape index (κ1) is 33.0. The Morgan fingerprint density at radius 1 is 0.397 bits per heavy atom. The highest BCUT2D eigenvalue weighted by Gasteiger charge is 2.51. The highest BCUT2D eigenvalue weighted by molar-refractivity contribution is 6.10. The Morgan fingerprint density at radius 2 is 0.966 bits per heavy atom. The molecule has 0 saturated heterocycles. The Labute approximate surface area is 339 Å². The minimum atomic E-state index is -0.572. The van der Waals surface area contributed by atoms with Crippen LogP contribution < -0.4 is 9.64 Å². The maximum absolute atomic E-state index is 6.88. The third-order valence-electron chi connectivity index (χ3n) is 13.1. The Balaban J connectivity index is 1.16. The molecule has 1 heterocycles. The summed E-state index contributed by atoms with van der Waals surface area (Å²) in [6, 6.07) is 73.6. The Morgan fingerprint density at radius 3 is 1.71 bits per heavy atom. The molecule has 2 heteroatoms. The largest absolute Gasteiger partial charge is 0.457 e. The van der Waals surface area contributed by atoms with Gasteiger partial charge in [0.15, 0.2) is 0 Å². The molecule has 2 nitrogen and oxygen atoms in total. The van der Waals surface area contributed by atoms with Gasteiger partial charge in [-0.3, -0.25) is 0 Å². The molecule has 9 aromatic carbocycles. The Kier molecular flexibility index (Phi) is 6.93. The molecule has 0 N–H and O–H groups in total. The van der Waals surface area contributed by atoms with Crippen molar-refractivity contribution in [2.24, 2.45) is 0 Å². The maximum atomic E-state index is 6.88. The minimum absolute atomic E-state index is 0.157. The number of hydrogen-bond donors (Lipinski definition) is 0. The van der Waals surface area contributed by atoms with Gasteiger partial charge in [-0.2, -0.15) is 0 Å². The lowest BCUT2D eigenvalue weighted by Gasteiger charge is -2.40. The van der Waals surface area contributed by atoms with E-state index in [1.165, 1.54) is 66.4 Å². The van der Waals surface area contributed by atoms with Gasteiger partial charge in [0.1, 0.15) is 11.5 Å². The van der Waals surface area contributed by atoms with Crippen LogP contribution in [0.2, 0.25) is 0 Å². The van der Waals surface area contributed by atoms with Gasteiger partial charge in [0.25, 0.3) is 0 Å². The first-order chi connectivity index (χ1) is 28.5. The Hall–Kier alpha value is -7.16. The van der Waals surface area contributed by atoms with Gasteiger partial charge in [-0.15, -0.1) is 0 Å². The Bertz CT molecular complexity index is 3080. The van der Waals surface area contributed by atoms with Crippen LogP contribution in [0, 0.1) is 0 Å². The van der Waals surface area contributed by atoms with Crippen LogP contribution in [0.3, 0.4) is 0 Å². The number of nitrogens with zero attached hydrogens (tertiary/aromatic N) is 1. The van der Waals surface area contributed by atoms with E-state index in [1.807, 2.05) is 0 Å². The van der Waals surface area contributed by atoms with E-state index in [-0.39, 0.29) is 5.41 Å². The molecule has 0 atom stereocenters. The van der Waals surface area contributed by atoms with Crippen molar-refractivity contribution in [3.63, 3.8) is 0 Å². The molecular formula is C56H39NO. The summed E-state index contributed by atoms with van der Waals surface area (Å²) in [7, 11) is 0. The predicted molar refractivity (Wildman–Crippen MR) is 239 cm³/mol. The van der Waals surface area contributed by atoms with Gasteiger partial charge < -0.3 is 9.64 Å². The molecule has 1 spiro atoms. The molecule has 0 bridgehead atoms. The summed E-state index contributed by atoms with van der Waals surface area (Å²) >= 11 is 0. The van der Waals surface area contributed by atoms with Crippen molar-refractivity contribution in [3.8, 4) is 44.9 Å². The van der Waals surface area contributed by atoms with Crippen molar-refractivity contribution in [2.75, 3.05) is 4.90 Å². The third kappa shape index (κ3) is 4.43. The lowest BCUT2D eigenvalue weighted by atomic mass is 9.66. The quantitative estimate of drug-likeness (QED) is 0.178. The van der Waals surface area contributed by atoms with Gasteiger partial charge in [-0.1, -0.05) is 172 Å². The summed E-state index contributed by atoms with van der Waals surface area (Å²) < 4.78 is 6.88. The summed E-state index contributed by atoms with van der Waals surface area (Å²) in [6.45, 7) is 4.74. The second-order valence-corrected chi connectivity index (χ2v) is 16.4. The number of ether oxygens (including phenoxy) is 1. The van der Waals surface area contributed by atoms with Crippen molar-refractivity contribution in [2.45, 2.75) is 24.7 Å². The summed E-state index contributed by atoms with van der Waals surface area (Å²) in [5, 5.41) is 2.58. The van der Waals surface area contributed by atoms with Crippen LogP contribution in [0.5, 0.6) is 11.5 Å². The fourth-order valence-electron chi connectivity index (χ4n) is 10.6. The molecule has 0 fully saturated rings. The number of benzene rings is 9. The maximum Gasteiger partial charge on any atom is 0.132 e. The molecule has 58 heavy (non-hydrogen) atoms. The average molecular weight is 742 g/mol. The molecule has 9 aromatic rings. The fraction of sp³-hybridized carbons (Fsp3) is 0.0714. The molecule has 0 amide bonds. The van der Waals surface area contributed by atoms with E-state index in [1.54, 1.807) is 0 Å². The minimum Gasteiger partial charge on any atom is -0.457 e. The molecule has 0 saturated carbocycles. The molecule has 12 rings (SSSR count). The topological polar surface area (TPSA) is 12.5 Å². The second-order valence-electron chi connectivity index (χ2n) is 16.4. The van der Waals surface area contributed by atoms with Crippen molar-refractivity contribution >= 4 is 27.8 Å². The molecule has 1 aliphatic heterocycles. The number of anilines is 3. The van der Waals surface area contributed by atoms with E-state index in [0.29, 0.717) is 0 Å². The van der Waals surface area contributed by atoms with Gasteiger partial charge in [0, 0.05) is 33.5 Å². The molecule has 3 aliphatic rings. The smallest absolute Gasteiger partial charge is 0.132 e. The van der Waals surface area contributed by atoms with Gasteiger partial charge in [0.2, 0.25) is 0 Å². The summed E-state index contributed by atoms with van der Waals surface area (Å²) in [6.07, 6.45) is 0. The zero-order valence-corrected chi connectivity index (χ0v) is 32.4. The molecule has 274 valence electrons. The third-order valence-corrected chi connectivity index (χ3v) is 13.1. The summed E-state index contributed by atoms with van der Waals surface area (Å²) in [5.41, 5.74) is 17.6. The SMILES string of the molecule is CC1(C)c2ccccc2-c2c(N(c3ccc(-c4ccccc4)cc3)c3ccc4c(c3)C3(c5ccccc5O4)c4ccccc4-c4ccccc43)ccc3cccc1c23. The molecule has 0 radical (unpaired) electrons. The summed E-state index contributed by atoms with van der Waals surface area (Å²) in [4.78, 5) is 2.48. The lowest BCUT2D eigenvalue weighted by Crippen LogP contribution is -2.32. The predicted octanol–water partition coefficient (Wildman–Crippen LogP) is 14.8. The summed E-state index contributed by atoms with van der Waals surface area (Å²) in [5.74, 6) is 1.77. The van der Waals surface area contributed by atoms with Gasteiger partial charge in [-0.25, -0.2) is 0 Å². The van der Waals surface area contributed by atoms with E-state index in [4.69, 9.17) is 4.74 Å². The van der Waals surface area contributed by atoms with E-state index < -0.39 is 5.41 Å². The highest BCUT2D eigenvalue weighted by Crippen LogP contribution is 2.63. The van der Waals surface area contributed by atoms with Gasteiger partial charge >= 0.3 is 0 Å². The van der Waals surface area contributed by atoms with Crippen molar-refractivity contribution < 1.29 is 4.74 Å². The zero-order chi connectivity index (χ0) is 38.6. The van der Waals surface area contributed by atoms with E-state index >= 15 is 0 Å². The highest BCUT2D eigenvalue weighted by atomic mass is 16.5. The van der Waals surface area contributed by atoms with Crippen LogP contribution in [-0.4, -0.2) is 0 Å². The lowest BCUT2D eigenvalue weighted by molar-refractivity contribution is 0.436. The first-order valence-corrected chi connectivity index (χ1v) is 20.3. The normalized spacial score (nSPS) is 14.4. The van der Waals surface area contributed by atoms with Crippen molar-refractivity contribution in [1.29, 1.82) is 0 Å². The number of rotatable bonds is 4. The van der Waals surface area contributed by atoms with E-state index in [9.17, 15) is 0 Å². The van der Waals surface area contributed by atoms with E-state index in [0.717, 1.165) is 39.7 Å². The molecule has 0 aromatic heterocycles. The van der Waals surface area contributed by atoms with Crippen molar-refractivity contribution in [1.82, 2.24) is 0 Å². The number of para-hydroxylation sites is 1. The average Bonchev–Trinajstić information content (AvgIpc) is 3.57. The van der Waals surface area contributed by atoms with Crippen LogP contribution in [0.4, 0.5) is 17.1 Å². The zero-order valence-electron chi connectivity index (χ0n) is 32.4.